The average Bonchev–Trinajstić information content (AvgIpc) is 2.81. The van der Waals surface area contributed by atoms with E-state index in [1.54, 1.807) is 24.5 Å². The molecule has 0 saturated heterocycles. The highest BCUT2D eigenvalue weighted by Crippen LogP contribution is 2.34. The van der Waals surface area contributed by atoms with Crippen LogP contribution in [-0.2, 0) is 6.42 Å². The number of alkyl halides is 1. The van der Waals surface area contributed by atoms with Crippen LogP contribution in [0.5, 0.6) is 5.75 Å². The normalized spacial score (nSPS) is 12.4. The van der Waals surface area contributed by atoms with E-state index in [2.05, 4.69) is 15.9 Å². The first-order chi connectivity index (χ1) is 8.20. The largest absolute Gasteiger partial charge is 0.496 e. The summed E-state index contributed by atoms with van der Waals surface area (Å²) < 4.78 is 18.6. The number of benzene rings is 1. The van der Waals surface area contributed by atoms with Crippen molar-refractivity contribution >= 4 is 27.3 Å². The van der Waals surface area contributed by atoms with E-state index in [9.17, 15) is 4.39 Å². The third-order valence-corrected chi connectivity index (χ3v) is 4.64. The SMILES string of the molecule is COc1csc(C(Br)Cc2ccccc2F)c1. The maximum atomic E-state index is 13.5. The third kappa shape index (κ3) is 3.07. The number of thiophene rings is 1. The fraction of sp³-hybridized carbons (Fsp3) is 0.231. The average molecular weight is 315 g/mol. The highest BCUT2D eigenvalue weighted by Gasteiger charge is 2.13. The highest BCUT2D eigenvalue weighted by atomic mass is 79.9. The molecule has 1 atom stereocenters. The molecule has 0 spiro atoms. The van der Waals surface area contributed by atoms with Crippen LogP contribution in [0.4, 0.5) is 4.39 Å². The predicted octanol–water partition coefficient (Wildman–Crippen LogP) is 4.57. The Morgan fingerprint density at radius 3 is 2.82 bits per heavy atom. The van der Waals surface area contributed by atoms with Gasteiger partial charge in [-0.3, -0.25) is 0 Å². The van der Waals surface area contributed by atoms with Gasteiger partial charge in [0.25, 0.3) is 0 Å². The molecule has 0 amide bonds. The Morgan fingerprint density at radius 1 is 1.41 bits per heavy atom. The lowest BCUT2D eigenvalue weighted by atomic mass is 10.1. The first-order valence-corrected chi connectivity index (χ1v) is 7.00. The molecule has 2 aromatic rings. The Hall–Kier alpha value is -0.870. The molecule has 1 unspecified atom stereocenters. The lowest BCUT2D eigenvalue weighted by Gasteiger charge is -2.08. The van der Waals surface area contributed by atoms with Crippen molar-refractivity contribution in [1.82, 2.24) is 0 Å². The van der Waals surface area contributed by atoms with Gasteiger partial charge < -0.3 is 4.74 Å². The summed E-state index contributed by atoms with van der Waals surface area (Å²) in [7, 11) is 1.64. The van der Waals surface area contributed by atoms with Gasteiger partial charge in [0, 0.05) is 10.3 Å². The number of hydrogen-bond acceptors (Lipinski definition) is 2. The molecular weight excluding hydrogens is 303 g/mol. The van der Waals surface area contributed by atoms with Gasteiger partial charge >= 0.3 is 0 Å². The number of rotatable bonds is 4. The van der Waals surface area contributed by atoms with Crippen LogP contribution in [0.15, 0.2) is 35.7 Å². The van der Waals surface area contributed by atoms with E-state index in [1.165, 1.54) is 6.07 Å². The van der Waals surface area contributed by atoms with Gasteiger partial charge in [-0.2, -0.15) is 0 Å². The summed E-state index contributed by atoms with van der Waals surface area (Å²) in [4.78, 5) is 1.26. The molecule has 1 heterocycles. The smallest absolute Gasteiger partial charge is 0.129 e. The zero-order chi connectivity index (χ0) is 12.3. The summed E-state index contributed by atoms with van der Waals surface area (Å²) in [5.74, 6) is 0.698. The van der Waals surface area contributed by atoms with E-state index in [0.717, 1.165) is 16.2 Å². The molecule has 0 aliphatic carbocycles. The second-order valence-electron chi connectivity index (χ2n) is 3.65. The van der Waals surface area contributed by atoms with E-state index >= 15 is 0 Å². The molecule has 2 rings (SSSR count). The molecule has 0 aliphatic heterocycles. The van der Waals surface area contributed by atoms with Crippen LogP contribution in [-0.4, -0.2) is 7.11 Å². The number of ether oxygens (including phenoxy) is 1. The molecule has 0 bridgehead atoms. The summed E-state index contributed by atoms with van der Waals surface area (Å²) in [6.45, 7) is 0. The standard InChI is InChI=1S/C13H12BrFOS/c1-16-10-7-13(17-8-10)11(14)6-9-4-2-3-5-12(9)15/h2-5,7-8,11H,6H2,1H3. The van der Waals surface area contributed by atoms with E-state index in [1.807, 2.05) is 23.6 Å². The molecule has 1 aromatic carbocycles. The van der Waals surface area contributed by atoms with Crippen LogP contribution >= 0.6 is 27.3 Å². The van der Waals surface area contributed by atoms with Crippen molar-refractivity contribution in [2.24, 2.45) is 0 Å². The van der Waals surface area contributed by atoms with Gasteiger partial charge in [-0.15, -0.1) is 11.3 Å². The minimum atomic E-state index is -0.152. The molecule has 0 aliphatic rings. The molecule has 0 fully saturated rings. The minimum absolute atomic E-state index is 0.119. The summed E-state index contributed by atoms with van der Waals surface area (Å²) >= 11 is 5.20. The third-order valence-electron chi connectivity index (χ3n) is 2.50. The zero-order valence-electron chi connectivity index (χ0n) is 9.32. The van der Waals surface area contributed by atoms with E-state index in [4.69, 9.17) is 4.74 Å². The molecule has 17 heavy (non-hydrogen) atoms. The maximum Gasteiger partial charge on any atom is 0.129 e. The summed E-state index contributed by atoms with van der Waals surface area (Å²) in [6.07, 6.45) is 0.635. The minimum Gasteiger partial charge on any atom is -0.496 e. The van der Waals surface area contributed by atoms with Crippen molar-refractivity contribution in [2.45, 2.75) is 11.2 Å². The quantitative estimate of drug-likeness (QED) is 0.751. The first kappa shape index (κ1) is 12.6. The monoisotopic (exact) mass is 314 g/mol. The van der Waals surface area contributed by atoms with Crippen molar-refractivity contribution in [3.63, 3.8) is 0 Å². The topological polar surface area (TPSA) is 9.23 Å². The Labute approximate surface area is 112 Å². The van der Waals surface area contributed by atoms with Crippen molar-refractivity contribution in [2.75, 3.05) is 7.11 Å². The summed E-state index contributed by atoms with van der Waals surface area (Å²) in [5, 5.41) is 1.95. The van der Waals surface area contributed by atoms with Crippen molar-refractivity contribution < 1.29 is 9.13 Å². The van der Waals surface area contributed by atoms with Gasteiger partial charge in [-0.05, 0) is 24.1 Å². The molecule has 0 N–H and O–H groups in total. The van der Waals surface area contributed by atoms with Gasteiger partial charge in [0.15, 0.2) is 0 Å². The Morgan fingerprint density at radius 2 is 2.18 bits per heavy atom. The van der Waals surface area contributed by atoms with Crippen molar-refractivity contribution in [3.8, 4) is 5.75 Å². The molecule has 90 valence electrons. The van der Waals surface area contributed by atoms with Crippen molar-refractivity contribution in [1.29, 1.82) is 0 Å². The van der Waals surface area contributed by atoms with Crippen LogP contribution < -0.4 is 4.74 Å². The van der Waals surface area contributed by atoms with Gasteiger partial charge in [0.05, 0.1) is 11.9 Å². The molecule has 1 aromatic heterocycles. The summed E-state index contributed by atoms with van der Waals surface area (Å²) in [6, 6.07) is 8.84. The first-order valence-electron chi connectivity index (χ1n) is 5.20. The van der Waals surface area contributed by atoms with Gasteiger partial charge in [0.1, 0.15) is 11.6 Å². The highest BCUT2D eigenvalue weighted by molar-refractivity contribution is 9.09. The van der Waals surface area contributed by atoms with Crippen molar-refractivity contribution in [3.05, 3.63) is 52.0 Å². The van der Waals surface area contributed by atoms with Crippen LogP contribution in [0.25, 0.3) is 0 Å². The van der Waals surface area contributed by atoms with Crippen LogP contribution in [0, 0.1) is 5.82 Å². The Bertz CT molecular complexity index is 498. The predicted molar refractivity (Wildman–Crippen MR) is 72.6 cm³/mol. The zero-order valence-corrected chi connectivity index (χ0v) is 11.7. The Kier molecular flexibility index (Phi) is 4.18. The van der Waals surface area contributed by atoms with Gasteiger partial charge in [-0.1, -0.05) is 34.1 Å². The lowest BCUT2D eigenvalue weighted by molar-refractivity contribution is 0.416. The number of methoxy groups -OCH3 is 1. The van der Waals surface area contributed by atoms with E-state index in [0.29, 0.717) is 6.42 Å². The van der Waals surface area contributed by atoms with Crippen LogP contribution in [0.2, 0.25) is 0 Å². The molecule has 0 saturated carbocycles. The number of hydrogen-bond donors (Lipinski definition) is 0. The molecule has 1 nitrogen and oxygen atoms in total. The summed E-state index contributed by atoms with van der Waals surface area (Å²) in [5.41, 5.74) is 0.724. The van der Waals surface area contributed by atoms with E-state index in [-0.39, 0.29) is 10.6 Å². The molecule has 4 heteroatoms. The second kappa shape index (κ2) is 5.65. The number of halogens is 2. The lowest BCUT2D eigenvalue weighted by Crippen LogP contribution is -1.95. The van der Waals surface area contributed by atoms with E-state index < -0.39 is 0 Å². The molecular formula is C13H12BrFOS. The molecule has 0 radical (unpaired) electrons. The Balaban J connectivity index is 2.11. The van der Waals surface area contributed by atoms with Crippen LogP contribution in [0.1, 0.15) is 15.3 Å². The van der Waals surface area contributed by atoms with Gasteiger partial charge in [-0.25, -0.2) is 4.39 Å². The fourth-order valence-electron chi connectivity index (χ4n) is 1.56. The van der Waals surface area contributed by atoms with Crippen LogP contribution in [0.3, 0.4) is 0 Å². The second-order valence-corrected chi connectivity index (χ2v) is 5.70. The fourth-order valence-corrected chi connectivity index (χ4v) is 3.20. The maximum absolute atomic E-state index is 13.5. The van der Waals surface area contributed by atoms with Gasteiger partial charge in [0.2, 0.25) is 0 Å².